The van der Waals surface area contributed by atoms with Gasteiger partial charge in [0.2, 0.25) is 5.95 Å². The number of imidazole rings is 1. The van der Waals surface area contributed by atoms with Gasteiger partial charge in [0, 0.05) is 36.7 Å². The van der Waals surface area contributed by atoms with Crippen LogP contribution >= 0.6 is 0 Å². The van der Waals surface area contributed by atoms with Gasteiger partial charge in [0.15, 0.2) is 5.65 Å². The third kappa shape index (κ3) is 1.74. The van der Waals surface area contributed by atoms with Crippen molar-refractivity contribution in [2.24, 2.45) is 36.1 Å². The Morgan fingerprint density at radius 1 is 1.28 bits per heavy atom. The zero-order valence-corrected chi connectivity index (χ0v) is 18.3. The Labute approximate surface area is 185 Å². The maximum absolute atomic E-state index is 13.3. The summed E-state index contributed by atoms with van der Waals surface area (Å²) in [7, 11) is 1.80. The van der Waals surface area contributed by atoms with Crippen LogP contribution in [0, 0.1) is 29.1 Å². The smallest absolute Gasteiger partial charge is 0.330 e. The zero-order valence-electron chi connectivity index (χ0n) is 18.3. The van der Waals surface area contributed by atoms with Gasteiger partial charge in [-0.25, -0.2) is 9.78 Å². The van der Waals surface area contributed by atoms with E-state index in [-0.39, 0.29) is 23.3 Å². The highest BCUT2D eigenvalue weighted by Crippen LogP contribution is 2.91. The van der Waals surface area contributed by atoms with Crippen LogP contribution in [0.4, 0.5) is 5.95 Å². The molecular formula is C24H27N5O3. The van der Waals surface area contributed by atoms with Gasteiger partial charge in [-0.05, 0) is 55.9 Å². The second-order valence-corrected chi connectivity index (χ2v) is 11.0. The molecule has 4 saturated carbocycles. The lowest BCUT2D eigenvalue weighted by molar-refractivity contribution is -0.468. The van der Waals surface area contributed by atoms with E-state index in [2.05, 4.69) is 29.4 Å². The van der Waals surface area contributed by atoms with E-state index >= 15 is 0 Å². The second-order valence-electron chi connectivity index (χ2n) is 11.0. The Morgan fingerprint density at radius 2 is 2.16 bits per heavy atom. The van der Waals surface area contributed by atoms with Crippen molar-refractivity contribution in [3.63, 3.8) is 0 Å². The molecule has 0 aromatic carbocycles. The first-order chi connectivity index (χ1) is 15.4. The lowest BCUT2D eigenvalue weighted by Crippen LogP contribution is -2.92. The number of aryl methyl sites for hydroxylation is 1. The average Bonchev–Trinajstić information content (AvgIpc) is 3.27. The summed E-state index contributed by atoms with van der Waals surface area (Å²) in [6, 6.07) is 0.151. The molecule has 8 nitrogen and oxygen atoms in total. The monoisotopic (exact) mass is 433 g/mol. The molecule has 2 aromatic heterocycles. The van der Waals surface area contributed by atoms with Gasteiger partial charge in [-0.1, -0.05) is 12.2 Å². The largest absolute Gasteiger partial charge is 0.389 e. The number of aromatic nitrogens is 4. The minimum Gasteiger partial charge on any atom is -0.389 e. The van der Waals surface area contributed by atoms with Gasteiger partial charge in [-0.2, -0.15) is 4.98 Å². The predicted molar refractivity (Wildman–Crippen MR) is 117 cm³/mol. The van der Waals surface area contributed by atoms with Crippen molar-refractivity contribution in [3.05, 3.63) is 40.1 Å². The SMILES string of the molecule is CC1=CC2OCCC2C=C1Nc1ncc2c(n1)n(C1C3CC4CC5(O)CC1C435)c(=O)n2C. The molecule has 2 aromatic rings. The number of nitrogens with one attached hydrogen (secondary N) is 1. The lowest BCUT2D eigenvalue weighted by atomic mass is 9.15. The Kier molecular flexibility index (Phi) is 3.02. The quantitative estimate of drug-likeness (QED) is 0.770. The van der Waals surface area contributed by atoms with Gasteiger partial charge in [0.25, 0.3) is 0 Å². The normalized spacial score (nSPS) is 44.7. The third-order valence-corrected chi connectivity index (χ3v) is 9.99. The number of hydrogen-bond donors (Lipinski definition) is 2. The van der Waals surface area contributed by atoms with E-state index in [1.165, 1.54) is 0 Å². The maximum atomic E-state index is 13.3. The van der Waals surface area contributed by atoms with E-state index < -0.39 is 5.60 Å². The van der Waals surface area contributed by atoms with Crippen LogP contribution in [0.3, 0.4) is 0 Å². The Bertz CT molecular complexity index is 1330. The van der Waals surface area contributed by atoms with Gasteiger partial charge in [-0.15, -0.1) is 0 Å². The van der Waals surface area contributed by atoms with Gasteiger partial charge < -0.3 is 15.2 Å². The fraction of sp³-hybridized carbons (Fsp3) is 0.625. The highest BCUT2D eigenvalue weighted by Gasteiger charge is 2.91. The molecule has 8 heteroatoms. The van der Waals surface area contributed by atoms with E-state index in [1.54, 1.807) is 17.8 Å². The van der Waals surface area contributed by atoms with E-state index in [1.807, 2.05) is 4.57 Å². The standard InChI is InChI=1S/C24H27N5O3/c1-11-5-18-12(3-4-32-18)6-16(11)26-21-25-10-17-20(27-21)29(22(30)28(17)2)19-14-7-13-8-23(31)9-15(19)24(13,14)23/h5-6,10,12-15,18-19,31H,3-4,7-9H2,1-2H3,(H,25,26,27). The van der Waals surface area contributed by atoms with Crippen molar-refractivity contribution < 1.29 is 9.84 Å². The van der Waals surface area contributed by atoms with Gasteiger partial charge in [0.1, 0.15) is 5.52 Å². The number of nitrogens with zero attached hydrogens (tertiary/aromatic N) is 4. The first-order valence-corrected chi connectivity index (χ1v) is 11.9. The summed E-state index contributed by atoms with van der Waals surface area (Å²) in [5, 5.41) is 14.3. The molecule has 5 fully saturated rings. The summed E-state index contributed by atoms with van der Waals surface area (Å²) in [6.45, 7) is 2.87. The van der Waals surface area contributed by atoms with Gasteiger partial charge in [0.05, 0.1) is 17.9 Å². The van der Waals surface area contributed by atoms with Crippen LogP contribution < -0.4 is 11.0 Å². The molecule has 8 rings (SSSR count). The van der Waals surface area contributed by atoms with Crippen LogP contribution in [0.2, 0.25) is 0 Å². The Morgan fingerprint density at radius 3 is 2.94 bits per heavy atom. The number of rotatable bonds is 3. The first kappa shape index (κ1) is 18.0. The fourth-order valence-electron chi connectivity index (χ4n) is 8.59. The van der Waals surface area contributed by atoms with E-state index in [0.29, 0.717) is 35.3 Å². The van der Waals surface area contributed by atoms with E-state index in [9.17, 15) is 9.90 Å². The fourth-order valence-corrected chi connectivity index (χ4v) is 8.59. The third-order valence-electron chi connectivity index (χ3n) is 9.99. The second kappa shape index (κ2) is 5.37. The summed E-state index contributed by atoms with van der Waals surface area (Å²) < 4.78 is 9.36. The minimum absolute atomic E-state index is 0.0246. The molecule has 2 N–H and O–H groups in total. The summed E-state index contributed by atoms with van der Waals surface area (Å²) in [4.78, 5) is 22.6. The number of anilines is 1. The van der Waals surface area contributed by atoms with Crippen LogP contribution in [0.5, 0.6) is 0 Å². The Hall–Kier alpha value is -2.45. The number of ether oxygens (including phenoxy) is 1. The number of hydrogen-bond acceptors (Lipinski definition) is 6. The highest BCUT2D eigenvalue weighted by molar-refractivity contribution is 5.73. The summed E-state index contributed by atoms with van der Waals surface area (Å²) >= 11 is 0. The molecule has 166 valence electrons. The van der Waals surface area contributed by atoms with Crippen LogP contribution in [-0.2, 0) is 11.8 Å². The van der Waals surface area contributed by atoms with Crippen LogP contribution in [0.1, 0.15) is 38.6 Å². The molecule has 0 amide bonds. The first-order valence-electron chi connectivity index (χ1n) is 11.9. The Balaban J connectivity index is 1.18. The van der Waals surface area contributed by atoms with Crippen LogP contribution in [-0.4, -0.2) is 42.5 Å². The zero-order chi connectivity index (χ0) is 21.6. The molecule has 1 saturated heterocycles. The van der Waals surface area contributed by atoms with E-state index in [4.69, 9.17) is 9.72 Å². The number of aliphatic hydroxyl groups is 1. The molecule has 8 atom stereocenters. The molecule has 0 radical (unpaired) electrons. The predicted octanol–water partition coefficient (Wildman–Crippen LogP) is 2.12. The van der Waals surface area contributed by atoms with Crippen molar-refractivity contribution in [1.82, 2.24) is 19.1 Å². The molecule has 0 bridgehead atoms. The molecule has 6 aliphatic rings. The summed E-state index contributed by atoms with van der Waals surface area (Å²) in [5.74, 6) is 2.39. The van der Waals surface area contributed by atoms with Crippen LogP contribution in [0.15, 0.2) is 34.4 Å². The molecule has 1 aliphatic heterocycles. The summed E-state index contributed by atoms with van der Waals surface area (Å²) in [5.41, 5.74) is 3.25. The van der Waals surface area contributed by atoms with Gasteiger partial charge >= 0.3 is 5.69 Å². The highest BCUT2D eigenvalue weighted by atomic mass is 16.5. The molecule has 1 spiro atoms. The molecule has 3 heterocycles. The van der Waals surface area contributed by atoms with Gasteiger partial charge in [-0.3, -0.25) is 9.13 Å². The average molecular weight is 434 g/mol. The summed E-state index contributed by atoms with van der Waals surface area (Å²) in [6.07, 6.45) is 10.3. The van der Waals surface area contributed by atoms with Crippen molar-refractivity contribution >= 4 is 17.1 Å². The van der Waals surface area contributed by atoms with E-state index in [0.717, 1.165) is 49.1 Å². The number of fused-ring (bicyclic) bond motifs is 2. The number of allylic oxidation sites excluding steroid dienone is 1. The van der Waals surface area contributed by atoms with Crippen molar-refractivity contribution in [1.29, 1.82) is 0 Å². The van der Waals surface area contributed by atoms with Crippen molar-refractivity contribution in [2.75, 3.05) is 11.9 Å². The van der Waals surface area contributed by atoms with Crippen molar-refractivity contribution in [2.45, 2.75) is 50.4 Å². The molecule has 32 heavy (non-hydrogen) atoms. The molecule has 5 aliphatic carbocycles. The maximum Gasteiger partial charge on any atom is 0.330 e. The minimum atomic E-state index is -0.448. The molecular weight excluding hydrogens is 406 g/mol. The lowest BCUT2D eigenvalue weighted by Gasteiger charge is -2.91. The topological polar surface area (TPSA) is 94.2 Å². The van der Waals surface area contributed by atoms with Crippen LogP contribution in [0.25, 0.3) is 11.2 Å². The molecule has 8 unspecified atom stereocenters. The van der Waals surface area contributed by atoms with Crippen molar-refractivity contribution in [3.8, 4) is 0 Å².